The highest BCUT2D eigenvalue weighted by Gasteiger charge is 2.39. The van der Waals surface area contributed by atoms with Crippen molar-refractivity contribution in [3.8, 4) is 0 Å². The van der Waals surface area contributed by atoms with Gasteiger partial charge in [0.1, 0.15) is 6.10 Å². The second-order valence-electron chi connectivity index (χ2n) is 6.50. The van der Waals surface area contributed by atoms with Crippen LogP contribution in [0.3, 0.4) is 0 Å². The molecule has 0 spiro atoms. The largest absolute Gasteiger partial charge is 0.459 e. The Hall–Kier alpha value is -0.396. The number of carbonyl (C=O) groups is 1. The molecule has 3 nitrogen and oxygen atoms in total. The number of hydrogen-bond acceptors (Lipinski definition) is 3. The van der Waals surface area contributed by atoms with Gasteiger partial charge in [-0.1, -0.05) is 13.5 Å². The minimum Gasteiger partial charge on any atom is -0.459 e. The lowest BCUT2D eigenvalue weighted by molar-refractivity contribution is -0.143. The first-order chi connectivity index (χ1) is 7.87. The molecule has 0 aliphatic rings. The first-order valence-corrected chi connectivity index (χ1v) is 12.8. The Bertz CT molecular complexity index is 319. The van der Waals surface area contributed by atoms with E-state index in [-0.39, 0.29) is 17.6 Å². The molecule has 0 aliphatic heterocycles. The van der Waals surface area contributed by atoms with E-state index in [1.165, 1.54) is 0 Å². The summed E-state index contributed by atoms with van der Waals surface area (Å²) in [5.74, 6) is -0.313. The average molecular weight is 289 g/mol. The number of esters is 1. The van der Waals surface area contributed by atoms with Crippen LogP contribution < -0.4 is 0 Å². The summed E-state index contributed by atoms with van der Waals surface area (Å²) in [6.07, 6.45) is -0.132. The fraction of sp³-hybridized carbons (Fsp3) is 0.769. The molecule has 0 bridgehead atoms. The van der Waals surface area contributed by atoms with Crippen molar-refractivity contribution in [1.29, 1.82) is 0 Å². The van der Waals surface area contributed by atoms with Gasteiger partial charge in [0.15, 0.2) is 16.6 Å². The molecule has 0 saturated heterocycles. The molecule has 5 heteroatoms. The van der Waals surface area contributed by atoms with E-state index in [9.17, 15) is 4.79 Å². The van der Waals surface area contributed by atoms with E-state index in [0.29, 0.717) is 5.57 Å². The summed E-state index contributed by atoms with van der Waals surface area (Å²) in [7, 11) is -3.41. The quantitative estimate of drug-likeness (QED) is 0.422. The van der Waals surface area contributed by atoms with Crippen molar-refractivity contribution in [1.82, 2.24) is 0 Å². The molecule has 0 aromatic heterocycles. The van der Waals surface area contributed by atoms with E-state index in [4.69, 9.17) is 8.85 Å². The molecule has 0 aromatic rings. The van der Waals surface area contributed by atoms with Crippen LogP contribution >= 0.6 is 0 Å². The Kier molecular flexibility index (Phi) is 6.03. The van der Waals surface area contributed by atoms with Crippen LogP contribution in [0.2, 0.25) is 38.3 Å². The van der Waals surface area contributed by atoms with Gasteiger partial charge in [0.05, 0.1) is 0 Å². The summed E-state index contributed by atoms with van der Waals surface area (Å²) in [5.41, 5.74) is 0.701. The van der Waals surface area contributed by atoms with Crippen LogP contribution in [0.1, 0.15) is 20.8 Å². The highest BCUT2D eigenvalue weighted by Crippen LogP contribution is 2.30. The molecule has 0 aromatic carbocycles. The molecule has 2 unspecified atom stereocenters. The van der Waals surface area contributed by atoms with Gasteiger partial charge in [-0.05, 0) is 46.6 Å². The number of rotatable bonds is 6. The lowest BCUT2D eigenvalue weighted by Gasteiger charge is -2.38. The molecule has 106 valence electrons. The van der Waals surface area contributed by atoms with Gasteiger partial charge in [-0.25, -0.2) is 4.79 Å². The van der Waals surface area contributed by atoms with Crippen LogP contribution in [0.4, 0.5) is 0 Å². The maximum Gasteiger partial charge on any atom is 0.333 e. The van der Waals surface area contributed by atoms with Gasteiger partial charge in [-0.15, -0.1) is 0 Å². The molecule has 0 saturated carbocycles. The maximum atomic E-state index is 11.5. The van der Waals surface area contributed by atoms with Crippen LogP contribution in [0.15, 0.2) is 12.2 Å². The van der Waals surface area contributed by atoms with E-state index in [2.05, 4.69) is 46.2 Å². The molecule has 0 aliphatic carbocycles. The monoisotopic (exact) mass is 288 g/mol. The van der Waals surface area contributed by atoms with E-state index < -0.39 is 16.6 Å². The molecule has 0 heterocycles. The summed E-state index contributed by atoms with van der Waals surface area (Å²) < 4.78 is 11.7. The van der Waals surface area contributed by atoms with Crippen LogP contribution in [0.25, 0.3) is 0 Å². The molecule has 0 fully saturated rings. The second-order valence-corrected chi connectivity index (χ2v) is 15.7. The first-order valence-electron chi connectivity index (χ1n) is 6.43. The molecule has 0 N–H and O–H groups in total. The Morgan fingerprint density at radius 2 is 1.56 bits per heavy atom. The predicted octanol–water partition coefficient (Wildman–Crippen LogP) is 3.94. The van der Waals surface area contributed by atoms with Gasteiger partial charge in [-0.3, -0.25) is 0 Å². The standard InChI is InChI=1S/C13H28O3Si2/c1-10(2)13(14)15-11(3)12(4)18(8,9)16-17(5,6)7/h11-12H,1H2,2-9H3. The van der Waals surface area contributed by atoms with Crippen molar-refractivity contribution in [2.45, 2.75) is 65.2 Å². The van der Waals surface area contributed by atoms with Crippen molar-refractivity contribution in [2.75, 3.05) is 0 Å². The highest BCUT2D eigenvalue weighted by molar-refractivity contribution is 6.85. The maximum absolute atomic E-state index is 11.5. The van der Waals surface area contributed by atoms with E-state index in [0.717, 1.165) is 0 Å². The molecule has 0 radical (unpaired) electrons. The van der Waals surface area contributed by atoms with Crippen LogP contribution in [0, 0.1) is 0 Å². The number of carbonyl (C=O) groups excluding carboxylic acids is 1. The van der Waals surface area contributed by atoms with Gasteiger partial charge >= 0.3 is 5.97 Å². The van der Waals surface area contributed by atoms with Crippen molar-refractivity contribution >= 4 is 22.6 Å². The third-order valence-corrected chi connectivity index (χ3v) is 10.2. The number of ether oxygens (including phenoxy) is 1. The number of hydrogen-bond donors (Lipinski definition) is 0. The van der Waals surface area contributed by atoms with Gasteiger partial charge in [-0.2, -0.15) is 0 Å². The van der Waals surface area contributed by atoms with E-state index in [1.807, 2.05) is 6.92 Å². The van der Waals surface area contributed by atoms with Gasteiger partial charge in [0.25, 0.3) is 0 Å². The predicted molar refractivity (Wildman–Crippen MR) is 81.7 cm³/mol. The Labute approximate surface area is 114 Å². The molecule has 0 amide bonds. The molecule has 0 rings (SSSR count). The van der Waals surface area contributed by atoms with Crippen molar-refractivity contribution in [2.24, 2.45) is 0 Å². The minimum atomic E-state index is -1.85. The van der Waals surface area contributed by atoms with E-state index >= 15 is 0 Å². The smallest absolute Gasteiger partial charge is 0.333 e. The summed E-state index contributed by atoms with van der Waals surface area (Å²) in [5, 5.41) is 0. The highest BCUT2D eigenvalue weighted by atomic mass is 28.4. The Balaban J connectivity index is 4.67. The Morgan fingerprint density at radius 1 is 1.11 bits per heavy atom. The third kappa shape index (κ3) is 5.97. The summed E-state index contributed by atoms with van der Waals surface area (Å²) in [6.45, 7) is 20.3. The normalized spacial score (nSPS) is 16.0. The summed E-state index contributed by atoms with van der Waals surface area (Å²) >= 11 is 0. The lowest BCUT2D eigenvalue weighted by Crippen LogP contribution is -2.48. The first kappa shape index (κ1) is 17.6. The van der Waals surface area contributed by atoms with Gasteiger partial charge in [0, 0.05) is 11.1 Å². The third-order valence-electron chi connectivity index (χ3n) is 3.01. The fourth-order valence-corrected chi connectivity index (χ4v) is 10.1. The van der Waals surface area contributed by atoms with Crippen LogP contribution in [0.5, 0.6) is 0 Å². The molecule has 18 heavy (non-hydrogen) atoms. The average Bonchev–Trinajstić information content (AvgIpc) is 2.12. The minimum absolute atomic E-state index is 0.132. The second kappa shape index (κ2) is 6.17. The van der Waals surface area contributed by atoms with Crippen molar-refractivity contribution in [3.05, 3.63) is 12.2 Å². The Morgan fingerprint density at radius 3 is 1.89 bits per heavy atom. The molecule has 2 atom stereocenters. The summed E-state index contributed by atoms with van der Waals surface area (Å²) in [4.78, 5) is 11.5. The van der Waals surface area contributed by atoms with Crippen molar-refractivity contribution < 1.29 is 13.6 Å². The zero-order valence-corrected chi connectivity index (χ0v) is 15.1. The topological polar surface area (TPSA) is 35.5 Å². The zero-order chi connectivity index (χ0) is 14.7. The van der Waals surface area contributed by atoms with Crippen LogP contribution in [-0.2, 0) is 13.6 Å². The van der Waals surface area contributed by atoms with Gasteiger partial charge < -0.3 is 8.85 Å². The lowest BCUT2D eigenvalue weighted by atomic mass is 10.3. The van der Waals surface area contributed by atoms with Crippen LogP contribution in [-0.4, -0.2) is 28.7 Å². The summed E-state index contributed by atoms with van der Waals surface area (Å²) in [6, 6.07) is 0. The fourth-order valence-electron chi connectivity index (χ4n) is 1.82. The van der Waals surface area contributed by atoms with E-state index in [1.54, 1.807) is 6.92 Å². The zero-order valence-electron chi connectivity index (χ0n) is 13.1. The SMILES string of the molecule is C=C(C)C(=O)OC(C)C(C)[Si](C)(C)O[Si](C)(C)C. The van der Waals surface area contributed by atoms with Gasteiger partial charge in [0.2, 0.25) is 0 Å². The molecular weight excluding hydrogens is 260 g/mol. The molecular formula is C13H28O3Si2. The van der Waals surface area contributed by atoms with Crippen molar-refractivity contribution in [3.63, 3.8) is 0 Å².